The smallest absolute Gasteiger partial charge is 0.129 e. The van der Waals surface area contributed by atoms with E-state index in [1.165, 1.54) is 76.7 Å². The lowest BCUT2D eigenvalue weighted by Crippen LogP contribution is -1.95. The summed E-state index contributed by atoms with van der Waals surface area (Å²) < 4.78 is 0. The minimum absolute atomic E-state index is 0.133. The summed E-state index contributed by atoms with van der Waals surface area (Å²) >= 11 is 0. The molecule has 0 unspecified atom stereocenters. The van der Waals surface area contributed by atoms with Crippen molar-refractivity contribution in [1.29, 1.82) is 10.5 Å². The van der Waals surface area contributed by atoms with E-state index >= 15 is 0 Å². The van der Waals surface area contributed by atoms with E-state index in [9.17, 15) is 0 Å². The fourth-order valence-corrected chi connectivity index (χ4v) is 2.86. The lowest BCUT2D eigenvalue weighted by molar-refractivity contribution is 0.432. The summed E-state index contributed by atoms with van der Waals surface area (Å²) in [7, 11) is 0. The number of hydrogen-bond donors (Lipinski definition) is 0. The number of unbranched alkanes of at least 4 members (excludes halogenated alkanes) is 3. The lowest BCUT2D eigenvalue weighted by Gasteiger charge is -2.10. The normalized spacial score (nSPS) is 9.82. The molecule has 0 N–H and O–H groups in total. The Balaban J connectivity index is -0.000000336. The molecule has 0 saturated carbocycles. The zero-order valence-electron chi connectivity index (χ0n) is 20.1. The highest BCUT2D eigenvalue weighted by molar-refractivity contribution is 5.37. The zero-order chi connectivity index (χ0) is 22.0. The Morgan fingerprint density at radius 1 is 0.714 bits per heavy atom. The van der Waals surface area contributed by atoms with Crippen molar-refractivity contribution in [3.63, 3.8) is 0 Å². The van der Waals surface area contributed by atoms with Crippen LogP contribution in [0, 0.1) is 34.5 Å². The summed E-state index contributed by atoms with van der Waals surface area (Å²) in [5.74, 6) is 2.01. The molecular formula is C26H48N2. The van der Waals surface area contributed by atoms with Crippen LogP contribution in [-0.2, 0) is 0 Å². The van der Waals surface area contributed by atoms with Gasteiger partial charge in [0.1, 0.15) is 17.7 Å². The molecule has 0 rings (SSSR count). The van der Waals surface area contributed by atoms with Crippen LogP contribution in [0.25, 0.3) is 0 Å². The minimum atomic E-state index is 0.133. The van der Waals surface area contributed by atoms with Gasteiger partial charge in [-0.2, -0.15) is 10.5 Å². The van der Waals surface area contributed by atoms with Crippen LogP contribution in [0.3, 0.4) is 0 Å². The van der Waals surface area contributed by atoms with E-state index < -0.39 is 0 Å². The quantitative estimate of drug-likeness (QED) is 0.190. The molecular weight excluding hydrogens is 340 g/mol. The molecule has 0 amide bonds. The lowest BCUT2D eigenvalue weighted by atomic mass is 9.96. The second-order valence-electron chi connectivity index (χ2n) is 7.33. The first kappa shape index (κ1) is 31.2. The first-order valence-corrected chi connectivity index (χ1v) is 11.7. The van der Waals surface area contributed by atoms with Gasteiger partial charge in [0.05, 0.1) is 0 Å². The topological polar surface area (TPSA) is 47.6 Å². The largest absolute Gasteiger partial charge is 0.192 e. The molecule has 0 aromatic carbocycles. The maximum Gasteiger partial charge on any atom is 0.129 e. The molecule has 0 radical (unpaired) electrons. The number of allylic oxidation sites excluding steroid dienone is 4. The first-order valence-electron chi connectivity index (χ1n) is 11.7. The van der Waals surface area contributed by atoms with Gasteiger partial charge in [0, 0.05) is 0 Å². The SMILES string of the molecule is C/C=C/C=C(C#N)C#N.CCCCC(CC)CC.CCCCCC(CC)CC. The molecule has 0 bridgehead atoms. The Bertz CT molecular complexity index is 410. The van der Waals surface area contributed by atoms with Crippen LogP contribution in [0.4, 0.5) is 0 Å². The highest BCUT2D eigenvalue weighted by Crippen LogP contribution is 2.16. The van der Waals surface area contributed by atoms with Crippen molar-refractivity contribution < 1.29 is 0 Å². The Morgan fingerprint density at radius 3 is 1.46 bits per heavy atom. The van der Waals surface area contributed by atoms with Gasteiger partial charge in [0.2, 0.25) is 0 Å². The average Bonchev–Trinajstić information content (AvgIpc) is 2.74. The van der Waals surface area contributed by atoms with Gasteiger partial charge >= 0.3 is 0 Å². The molecule has 0 aromatic rings. The molecule has 0 atom stereocenters. The molecule has 0 aliphatic heterocycles. The fourth-order valence-electron chi connectivity index (χ4n) is 2.86. The zero-order valence-corrected chi connectivity index (χ0v) is 20.1. The van der Waals surface area contributed by atoms with Crippen molar-refractivity contribution in [2.75, 3.05) is 0 Å². The highest BCUT2D eigenvalue weighted by Gasteiger charge is 2.01. The molecule has 0 aliphatic rings. The van der Waals surface area contributed by atoms with Gasteiger partial charge in [0.15, 0.2) is 0 Å². The predicted octanol–water partition coefficient (Wildman–Crippen LogP) is 9.15. The third-order valence-corrected chi connectivity index (χ3v) is 5.19. The summed E-state index contributed by atoms with van der Waals surface area (Å²) in [4.78, 5) is 0. The van der Waals surface area contributed by atoms with Crippen LogP contribution in [0.2, 0.25) is 0 Å². The van der Waals surface area contributed by atoms with E-state index in [2.05, 4.69) is 41.5 Å². The molecule has 2 heteroatoms. The average molecular weight is 389 g/mol. The molecule has 0 aliphatic carbocycles. The number of nitriles is 2. The van der Waals surface area contributed by atoms with Crippen molar-refractivity contribution in [1.82, 2.24) is 0 Å². The van der Waals surface area contributed by atoms with E-state index in [4.69, 9.17) is 10.5 Å². The Hall–Kier alpha value is -1.54. The molecule has 28 heavy (non-hydrogen) atoms. The van der Waals surface area contributed by atoms with Crippen LogP contribution in [0.5, 0.6) is 0 Å². The summed E-state index contributed by atoms with van der Waals surface area (Å²) in [6, 6.07) is 3.47. The molecule has 0 aromatic heterocycles. The molecule has 162 valence electrons. The Morgan fingerprint density at radius 2 is 1.14 bits per heavy atom. The second-order valence-corrected chi connectivity index (χ2v) is 7.33. The van der Waals surface area contributed by atoms with E-state index in [1.54, 1.807) is 24.3 Å². The van der Waals surface area contributed by atoms with Crippen LogP contribution >= 0.6 is 0 Å². The van der Waals surface area contributed by atoms with E-state index in [-0.39, 0.29) is 5.57 Å². The maximum atomic E-state index is 8.18. The fraction of sp³-hybridized carbons (Fsp3) is 0.769. The van der Waals surface area contributed by atoms with E-state index in [0.29, 0.717) is 0 Å². The summed E-state index contributed by atoms with van der Waals surface area (Å²) in [6.45, 7) is 15.6. The summed E-state index contributed by atoms with van der Waals surface area (Å²) in [5.41, 5.74) is 0.133. The van der Waals surface area contributed by atoms with Crippen LogP contribution < -0.4 is 0 Å². The molecule has 0 fully saturated rings. The number of rotatable bonds is 12. The van der Waals surface area contributed by atoms with E-state index in [0.717, 1.165) is 11.8 Å². The molecule has 0 spiro atoms. The molecule has 2 nitrogen and oxygen atoms in total. The summed E-state index contributed by atoms with van der Waals surface area (Å²) in [6.07, 6.45) is 20.3. The van der Waals surface area contributed by atoms with Gasteiger partial charge in [-0.3, -0.25) is 0 Å². The number of nitrogens with zero attached hydrogens (tertiary/aromatic N) is 2. The standard InChI is InChI=1S/C10H22.C9H20.C7H6N2/c1-4-7-8-9-10(5-2)6-3;1-4-7-8-9(5-2)6-3;1-2-3-4-7(5-8)6-9/h10H,4-9H2,1-3H3;9H,4-8H2,1-3H3;2-4H,1H3/b;;3-2+. The first-order chi connectivity index (χ1) is 13.5. The van der Waals surface area contributed by atoms with Gasteiger partial charge in [0.25, 0.3) is 0 Å². The molecule has 0 saturated heterocycles. The van der Waals surface area contributed by atoms with Crippen molar-refractivity contribution in [2.24, 2.45) is 11.8 Å². The third kappa shape index (κ3) is 24.5. The highest BCUT2D eigenvalue weighted by atomic mass is 14.3. The van der Waals surface area contributed by atoms with Crippen molar-refractivity contribution >= 4 is 0 Å². The predicted molar refractivity (Wildman–Crippen MR) is 126 cm³/mol. The van der Waals surface area contributed by atoms with Crippen molar-refractivity contribution in [3.05, 3.63) is 23.8 Å². The minimum Gasteiger partial charge on any atom is -0.192 e. The van der Waals surface area contributed by atoms with Crippen LogP contribution in [-0.4, -0.2) is 0 Å². The van der Waals surface area contributed by atoms with Crippen molar-refractivity contribution in [2.45, 2.75) is 119 Å². The Labute approximate surface area is 177 Å². The summed E-state index contributed by atoms with van der Waals surface area (Å²) in [5, 5.41) is 16.4. The van der Waals surface area contributed by atoms with Gasteiger partial charge < -0.3 is 0 Å². The Kier molecular flexibility index (Phi) is 30.8. The van der Waals surface area contributed by atoms with Crippen molar-refractivity contribution in [3.8, 4) is 12.1 Å². The van der Waals surface area contributed by atoms with Gasteiger partial charge in [-0.05, 0) is 24.8 Å². The van der Waals surface area contributed by atoms with E-state index in [1.807, 2.05) is 6.92 Å². The molecule has 0 heterocycles. The second kappa shape index (κ2) is 27.7. The van der Waals surface area contributed by atoms with Gasteiger partial charge in [-0.1, -0.05) is 124 Å². The van der Waals surface area contributed by atoms with Crippen LogP contribution in [0.1, 0.15) is 119 Å². The maximum absolute atomic E-state index is 8.18. The monoisotopic (exact) mass is 388 g/mol. The third-order valence-electron chi connectivity index (χ3n) is 5.19. The number of hydrogen-bond acceptors (Lipinski definition) is 2. The van der Waals surface area contributed by atoms with Crippen LogP contribution in [0.15, 0.2) is 23.8 Å². The van der Waals surface area contributed by atoms with Gasteiger partial charge in [-0.15, -0.1) is 0 Å². The van der Waals surface area contributed by atoms with Gasteiger partial charge in [-0.25, -0.2) is 0 Å².